The number of carbonyl (C=O) groups is 9. The largest absolute Gasteiger partial charge is 0.396 e. The highest BCUT2D eigenvalue weighted by Gasteiger charge is 2.44. The van der Waals surface area contributed by atoms with Crippen molar-refractivity contribution in [3.63, 3.8) is 0 Å². The van der Waals surface area contributed by atoms with Crippen molar-refractivity contribution in [2.45, 2.75) is 133 Å². The van der Waals surface area contributed by atoms with Crippen molar-refractivity contribution in [1.82, 2.24) is 31.1 Å². The molecule has 0 aromatic heterocycles. The maximum atomic E-state index is 14.9. The molecule has 0 spiro atoms. The number of imide groups is 1. The quantitative estimate of drug-likeness (QED) is 0.0156. The van der Waals surface area contributed by atoms with E-state index in [9.17, 15) is 57.5 Å². The third kappa shape index (κ3) is 15.6. The summed E-state index contributed by atoms with van der Waals surface area (Å²) in [5.41, 5.74) is 7.57. The molecule has 21 heteroatoms. The fraction of sp³-hybridized carbons (Fsp3) is 0.371. The van der Waals surface area contributed by atoms with E-state index in [4.69, 9.17) is 10.5 Å². The van der Waals surface area contributed by atoms with E-state index in [1.807, 2.05) is 73.7 Å². The number of amides is 8. The van der Waals surface area contributed by atoms with Gasteiger partial charge in [0.2, 0.25) is 35.4 Å². The Morgan fingerprint density at radius 2 is 1.47 bits per heavy atom. The Labute approximate surface area is 480 Å². The van der Waals surface area contributed by atoms with Gasteiger partial charge in [-0.25, -0.2) is 0 Å². The molecule has 0 bridgehead atoms. The zero-order chi connectivity index (χ0) is 59.2. The van der Waals surface area contributed by atoms with Gasteiger partial charge in [-0.3, -0.25) is 53.0 Å². The number of primary amides is 1. The van der Waals surface area contributed by atoms with Crippen LogP contribution in [0.5, 0.6) is 0 Å². The van der Waals surface area contributed by atoms with Gasteiger partial charge in [-0.2, -0.15) is 0 Å². The number of nitrogens with one attached hydrogen (secondary N) is 4. The highest BCUT2D eigenvalue weighted by Crippen LogP contribution is 2.39. The van der Waals surface area contributed by atoms with Gasteiger partial charge in [-0.15, -0.1) is 0 Å². The number of piperidine rings is 1. The predicted octanol–water partition coefficient (Wildman–Crippen LogP) is 5.85. The molecule has 5 atom stereocenters. The first-order valence-corrected chi connectivity index (χ1v) is 29.6. The predicted molar refractivity (Wildman–Crippen MR) is 307 cm³/mol. The maximum Gasteiger partial charge on any atom is 0.396 e. The molecule has 0 radical (unpaired) electrons. The molecule has 3 heterocycles. The molecule has 434 valence electrons. The number of ether oxygens (including phenoxy) is 1. The highest BCUT2D eigenvalue weighted by atomic mass is 31.2. The van der Waals surface area contributed by atoms with E-state index in [0.717, 1.165) is 36.0 Å². The summed E-state index contributed by atoms with van der Waals surface area (Å²) in [4.78, 5) is 142. The van der Waals surface area contributed by atoms with Crippen LogP contribution in [-0.4, -0.2) is 116 Å². The van der Waals surface area contributed by atoms with E-state index in [-0.39, 0.29) is 74.6 Å². The van der Waals surface area contributed by atoms with Crippen LogP contribution in [0.2, 0.25) is 0 Å². The van der Waals surface area contributed by atoms with E-state index < -0.39 is 84.9 Å². The van der Waals surface area contributed by atoms with Crippen LogP contribution >= 0.6 is 7.60 Å². The van der Waals surface area contributed by atoms with Crippen LogP contribution in [-0.2, 0) is 44.6 Å². The van der Waals surface area contributed by atoms with E-state index >= 15 is 0 Å². The van der Waals surface area contributed by atoms with Crippen molar-refractivity contribution < 1.29 is 62.2 Å². The van der Waals surface area contributed by atoms with Gasteiger partial charge in [0, 0.05) is 67.6 Å². The Kier molecular flexibility index (Phi) is 20.6. The Balaban J connectivity index is 0.943. The third-order valence-electron chi connectivity index (χ3n) is 15.1. The van der Waals surface area contributed by atoms with Crippen LogP contribution in [0.1, 0.15) is 150 Å². The molecule has 2 saturated heterocycles. The number of hydrogen-bond acceptors (Lipinski definition) is 11. The molecule has 8 amide bonds. The van der Waals surface area contributed by atoms with E-state index in [2.05, 4.69) is 33.1 Å². The lowest BCUT2D eigenvalue weighted by Crippen LogP contribution is -2.56. The van der Waals surface area contributed by atoms with Crippen LogP contribution in [0.15, 0.2) is 115 Å². The van der Waals surface area contributed by atoms with Gasteiger partial charge in [0.05, 0.1) is 12.1 Å². The average molecular weight is 1150 g/mol. The second-order valence-corrected chi connectivity index (χ2v) is 22.6. The smallest absolute Gasteiger partial charge is 0.376 e. The van der Waals surface area contributed by atoms with E-state index in [1.165, 1.54) is 40.1 Å². The van der Waals surface area contributed by atoms with Crippen LogP contribution in [0, 0.1) is 11.8 Å². The van der Waals surface area contributed by atoms with Crippen molar-refractivity contribution in [3.05, 3.63) is 154 Å². The molecule has 5 aromatic rings. The minimum Gasteiger partial charge on any atom is -0.376 e. The maximum absolute atomic E-state index is 14.9. The topological polar surface area (TPSA) is 301 Å². The fourth-order valence-corrected chi connectivity index (χ4v) is 11.2. The Bertz CT molecular complexity index is 3340. The summed E-state index contributed by atoms with van der Waals surface area (Å²) in [6.07, 6.45) is 4.43. The van der Waals surface area contributed by atoms with Gasteiger partial charge in [-0.05, 0) is 89.9 Å². The summed E-state index contributed by atoms with van der Waals surface area (Å²) in [6, 6.07) is 27.5. The van der Waals surface area contributed by atoms with Crippen LogP contribution in [0.25, 0.3) is 10.8 Å². The number of unbranched alkanes of at least 4 members (excludes halogenated alkanes) is 5. The third-order valence-corrected chi connectivity index (χ3v) is 15.9. The van der Waals surface area contributed by atoms with Crippen molar-refractivity contribution in [2.24, 2.45) is 5.73 Å². The molecule has 0 aliphatic carbocycles. The van der Waals surface area contributed by atoms with Gasteiger partial charge in [0.1, 0.15) is 24.2 Å². The number of rotatable bonds is 25. The fourth-order valence-electron chi connectivity index (χ4n) is 10.7. The van der Waals surface area contributed by atoms with Crippen molar-refractivity contribution >= 4 is 71.1 Å². The molecule has 2 fully saturated rings. The van der Waals surface area contributed by atoms with Gasteiger partial charge in [0.15, 0.2) is 0 Å². The number of fused-ring (bicyclic) bond motifs is 2. The molecule has 0 saturated carbocycles. The zero-order valence-electron chi connectivity index (χ0n) is 46.1. The van der Waals surface area contributed by atoms with E-state index in [1.54, 1.807) is 18.2 Å². The lowest BCUT2D eigenvalue weighted by atomic mass is 9.98. The van der Waals surface area contributed by atoms with Crippen LogP contribution < -0.4 is 27.0 Å². The van der Waals surface area contributed by atoms with Crippen molar-refractivity contribution in [3.8, 4) is 11.8 Å². The van der Waals surface area contributed by atoms with Crippen molar-refractivity contribution in [1.29, 1.82) is 0 Å². The standard InChI is InChI=1S/C62H68N7O13P/c1-2-3-24-50(65-56(72)43-27-25-39-26-28-44(35-45(39)34-43)62(78)83(79,80)81)61(77)68-37-46(36-52(68)59(75)64-49(29-31-53(63)70)57(73)67-55(41-18-11-8-12-19-41)42-20-13-9-14-21-42)82-33-15-7-5-4-6-10-17-40-22-16-23-47-48(40)38-69(60(47)76)51-30-32-54(71)66-58(51)74/h8-9,11-14,16,18-23,25-28,34-35,46,49-52,55H,2-7,15,24,29-33,36-38H2,1H3,(H2,63,70)(H,64,75)(H,65,72)(H,67,73)(H,66,71,74)(H2,79,80,81)/t46-,49+,50+,51?,52+/m1/s1. The Morgan fingerprint density at radius 3 is 2.14 bits per heavy atom. The van der Waals surface area contributed by atoms with E-state index in [0.29, 0.717) is 54.2 Å². The SMILES string of the molecule is CCCC[C@H](NC(=O)c1ccc2ccc(C(=O)P(=O)(O)O)cc2c1)C(=O)N1C[C@H](OCCCCCCC#Cc2cccc3c2CN(C2CCC(=O)NC2=O)C3=O)C[C@H]1C(=O)N[C@@H](CCC(N)=O)C(=O)NC(c1ccccc1)c1ccccc1. The van der Waals surface area contributed by atoms with Gasteiger partial charge in [0.25, 0.3) is 17.3 Å². The monoisotopic (exact) mass is 1150 g/mol. The first kappa shape index (κ1) is 60.7. The number of hydrogen-bond donors (Lipinski definition) is 7. The molecule has 20 nitrogen and oxygen atoms in total. The molecular formula is C62H68N7O13P. The summed E-state index contributed by atoms with van der Waals surface area (Å²) in [5.74, 6) is 2.15. The molecular weight excluding hydrogens is 1080 g/mol. The zero-order valence-corrected chi connectivity index (χ0v) is 46.9. The van der Waals surface area contributed by atoms with Crippen LogP contribution in [0.3, 0.4) is 0 Å². The summed E-state index contributed by atoms with van der Waals surface area (Å²) < 4.78 is 18.1. The summed E-state index contributed by atoms with van der Waals surface area (Å²) in [5, 5.41) is 12.0. The Hall–Kier alpha value is -8.34. The lowest BCUT2D eigenvalue weighted by Gasteiger charge is -2.30. The lowest BCUT2D eigenvalue weighted by molar-refractivity contribution is -0.141. The minimum absolute atomic E-state index is 0.0281. The van der Waals surface area contributed by atoms with Crippen molar-refractivity contribution in [2.75, 3.05) is 13.2 Å². The average Bonchev–Trinajstić information content (AvgIpc) is 4.32. The van der Waals surface area contributed by atoms with Crippen LogP contribution in [0.4, 0.5) is 0 Å². The number of carbonyl (C=O) groups excluding carboxylic acids is 9. The van der Waals surface area contributed by atoms with Gasteiger partial charge < -0.3 is 46.0 Å². The highest BCUT2D eigenvalue weighted by molar-refractivity contribution is 7.70. The summed E-state index contributed by atoms with van der Waals surface area (Å²) >= 11 is 0. The normalized spacial score (nSPS) is 17.5. The molecule has 5 aromatic carbocycles. The second-order valence-electron chi connectivity index (χ2n) is 21.1. The number of nitrogens with zero attached hydrogens (tertiary/aromatic N) is 2. The molecule has 1 unspecified atom stereocenters. The molecule has 8 rings (SSSR count). The second kappa shape index (κ2) is 28.1. The number of likely N-dealkylation sites (tertiary alicyclic amines) is 1. The molecule has 3 aliphatic heterocycles. The number of benzene rings is 5. The first-order chi connectivity index (χ1) is 39.9. The molecule has 8 N–H and O–H groups in total. The minimum atomic E-state index is -5.10. The van der Waals surface area contributed by atoms with Gasteiger partial charge in [-0.1, -0.05) is 129 Å². The molecule has 3 aliphatic rings. The molecule has 83 heavy (non-hydrogen) atoms. The first-order valence-electron chi connectivity index (χ1n) is 28.0. The summed E-state index contributed by atoms with van der Waals surface area (Å²) in [6.45, 7) is 2.42. The number of nitrogens with two attached hydrogens (primary N) is 1. The summed E-state index contributed by atoms with van der Waals surface area (Å²) in [7, 11) is -5.10. The van der Waals surface area contributed by atoms with Gasteiger partial charge >= 0.3 is 7.60 Å². The Morgan fingerprint density at radius 1 is 0.783 bits per heavy atom.